The summed E-state index contributed by atoms with van der Waals surface area (Å²) in [7, 11) is 0. The van der Waals surface area contributed by atoms with E-state index in [4.69, 9.17) is 0 Å². The van der Waals surface area contributed by atoms with E-state index in [1.165, 1.54) is 24.3 Å². The predicted molar refractivity (Wildman–Crippen MR) is 94.7 cm³/mol. The van der Waals surface area contributed by atoms with E-state index in [0.29, 0.717) is 5.69 Å². The van der Waals surface area contributed by atoms with E-state index in [9.17, 15) is 24.8 Å². The molecule has 0 fully saturated rings. The van der Waals surface area contributed by atoms with Gasteiger partial charge < -0.3 is 5.11 Å². The van der Waals surface area contributed by atoms with Crippen LogP contribution in [0.4, 0.5) is 11.4 Å². The predicted octanol–water partition coefficient (Wildman–Crippen LogP) is 1.89. The third-order valence-electron chi connectivity index (χ3n) is 3.52. The summed E-state index contributed by atoms with van der Waals surface area (Å²) in [6, 6.07) is 13.7. The number of aromatic amines is 1. The Labute approximate surface area is 145 Å². The summed E-state index contributed by atoms with van der Waals surface area (Å²) in [5.41, 5.74) is -1.46. The second kappa shape index (κ2) is 6.85. The van der Waals surface area contributed by atoms with E-state index in [1.807, 2.05) is 0 Å². The molecule has 0 saturated heterocycles. The lowest BCUT2D eigenvalue weighted by atomic mass is 10.2. The van der Waals surface area contributed by atoms with E-state index in [1.54, 1.807) is 30.3 Å². The fourth-order valence-electron chi connectivity index (χ4n) is 2.30. The van der Waals surface area contributed by atoms with Crippen molar-refractivity contribution in [3.8, 4) is 11.6 Å². The van der Waals surface area contributed by atoms with Crippen LogP contribution in [0.2, 0.25) is 0 Å². The first-order valence-corrected chi connectivity index (χ1v) is 7.39. The fraction of sp³-hybridized carbons (Fsp3) is 0. The number of aromatic nitrogens is 2. The summed E-state index contributed by atoms with van der Waals surface area (Å²) in [6.07, 6.45) is 1.05. The van der Waals surface area contributed by atoms with Gasteiger partial charge in [0.1, 0.15) is 5.56 Å². The lowest BCUT2D eigenvalue weighted by molar-refractivity contribution is -0.384. The molecule has 0 spiro atoms. The van der Waals surface area contributed by atoms with Gasteiger partial charge in [-0.2, -0.15) is 0 Å². The normalized spacial score (nSPS) is 10.9. The van der Waals surface area contributed by atoms with Gasteiger partial charge in [0.05, 0.1) is 16.3 Å². The molecule has 0 aliphatic carbocycles. The van der Waals surface area contributed by atoms with Crippen LogP contribution in [0.15, 0.2) is 69.2 Å². The van der Waals surface area contributed by atoms with Crippen molar-refractivity contribution < 1.29 is 10.0 Å². The molecule has 2 aromatic carbocycles. The Morgan fingerprint density at radius 1 is 1.12 bits per heavy atom. The van der Waals surface area contributed by atoms with Crippen LogP contribution in [0.1, 0.15) is 5.56 Å². The Hall–Kier alpha value is -4.01. The van der Waals surface area contributed by atoms with Gasteiger partial charge in [0, 0.05) is 18.3 Å². The maximum absolute atomic E-state index is 12.0. The van der Waals surface area contributed by atoms with Gasteiger partial charge in [-0.3, -0.25) is 24.9 Å². The van der Waals surface area contributed by atoms with Crippen molar-refractivity contribution in [1.29, 1.82) is 0 Å². The number of H-pyrrole nitrogens is 1. The van der Waals surface area contributed by atoms with Gasteiger partial charge in [-0.1, -0.05) is 24.3 Å². The Morgan fingerprint density at radius 3 is 2.54 bits per heavy atom. The summed E-state index contributed by atoms with van der Waals surface area (Å²) in [4.78, 5) is 40.4. The first kappa shape index (κ1) is 16.8. The summed E-state index contributed by atoms with van der Waals surface area (Å²) >= 11 is 0. The highest BCUT2D eigenvalue weighted by Crippen LogP contribution is 2.20. The van der Waals surface area contributed by atoms with Gasteiger partial charge in [-0.05, 0) is 18.2 Å². The van der Waals surface area contributed by atoms with Gasteiger partial charge in [0.25, 0.3) is 11.2 Å². The maximum atomic E-state index is 12.0. The van der Waals surface area contributed by atoms with Gasteiger partial charge >= 0.3 is 5.69 Å². The summed E-state index contributed by atoms with van der Waals surface area (Å²) in [6.45, 7) is 0. The summed E-state index contributed by atoms with van der Waals surface area (Å²) in [5, 5.41) is 21.2. The number of nitro benzene ring substituents is 1. The molecule has 3 rings (SSSR count). The lowest BCUT2D eigenvalue weighted by Crippen LogP contribution is -2.31. The second-order valence-corrected chi connectivity index (χ2v) is 5.20. The van der Waals surface area contributed by atoms with Crippen LogP contribution in [0.3, 0.4) is 0 Å². The van der Waals surface area contributed by atoms with Crippen molar-refractivity contribution in [2.45, 2.75) is 0 Å². The van der Waals surface area contributed by atoms with E-state index in [2.05, 4.69) is 9.98 Å². The number of nitrogens with one attached hydrogen (secondary N) is 1. The number of non-ortho nitro benzene ring substituents is 1. The smallest absolute Gasteiger partial charge is 0.335 e. The van der Waals surface area contributed by atoms with Crippen molar-refractivity contribution in [3.63, 3.8) is 0 Å². The van der Waals surface area contributed by atoms with Crippen LogP contribution in [0.25, 0.3) is 5.69 Å². The van der Waals surface area contributed by atoms with Crippen LogP contribution < -0.4 is 11.2 Å². The SMILES string of the molecule is O=c1[nH]c(=O)n(-c2ccccc2)c(O)c1C=Nc1cccc([N+](=O)[O-])c1. The topological polar surface area (TPSA) is 131 Å². The van der Waals surface area contributed by atoms with Crippen molar-refractivity contribution in [2.24, 2.45) is 4.99 Å². The van der Waals surface area contributed by atoms with Crippen molar-refractivity contribution >= 4 is 17.6 Å². The van der Waals surface area contributed by atoms with E-state index < -0.39 is 22.1 Å². The van der Waals surface area contributed by atoms with Gasteiger partial charge in [0.15, 0.2) is 0 Å². The molecule has 9 heteroatoms. The number of hydrogen-bond acceptors (Lipinski definition) is 6. The molecule has 0 atom stereocenters. The van der Waals surface area contributed by atoms with Gasteiger partial charge in [-0.15, -0.1) is 0 Å². The zero-order valence-corrected chi connectivity index (χ0v) is 13.2. The molecule has 1 heterocycles. The molecule has 0 radical (unpaired) electrons. The molecule has 130 valence electrons. The number of benzene rings is 2. The van der Waals surface area contributed by atoms with Gasteiger partial charge in [-0.25, -0.2) is 9.36 Å². The number of aromatic hydroxyl groups is 1. The lowest BCUT2D eigenvalue weighted by Gasteiger charge is -2.09. The van der Waals surface area contributed by atoms with E-state index in [-0.39, 0.29) is 16.9 Å². The number of nitrogens with zero attached hydrogens (tertiary/aromatic N) is 3. The van der Waals surface area contributed by atoms with Crippen LogP contribution in [-0.4, -0.2) is 25.8 Å². The van der Waals surface area contributed by atoms with E-state index in [0.717, 1.165) is 10.8 Å². The van der Waals surface area contributed by atoms with Crippen molar-refractivity contribution in [3.05, 3.63) is 91.1 Å². The molecule has 26 heavy (non-hydrogen) atoms. The van der Waals surface area contributed by atoms with Crippen LogP contribution >= 0.6 is 0 Å². The Balaban J connectivity index is 2.09. The first-order chi connectivity index (χ1) is 12.5. The minimum absolute atomic E-state index is 0.160. The monoisotopic (exact) mass is 352 g/mol. The summed E-state index contributed by atoms with van der Waals surface area (Å²) < 4.78 is 0.927. The highest BCUT2D eigenvalue weighted by atomic mass is 16.6. The number of aliphatic imine (C=N–C) groups is 1. The number of rotatable bonds is 4. The summed E-state index contributed by atoms with van der Waals surface area (Å²) in [5.74, 6) is -0.584. The molecular weight excluding hydrogens is 340 g/mol. The first-order valence-electron chi connectivity index (χ1n) is 7.39. The molecule has 0 saturated carbocycles. The Kier molecular flexibility index (Phi) is 4.44. The van der Waals surface area contributed by atoms with Crippen LogP contribution in [-0.2, 0) is 0 Å². The highest BCUT2D eigenvalue weighted by Gasteiger charge is 2.14. The molecule has 0 aliphatic rings. The number of hydrogen-bond donors (Lipinski definition) is 2. The number of para-hydroxylation sites is 1. The minimum atomic E-state index is -0.825. The molecule has 0 amide bonds. The highest BCUT2D eigenvalue weighted by molar-refractivity contribution is 5.84. The largest absolute Gasteiger partial charge is 0.493 e. The quantitative estimate of drug-likeness (QED) is 0.420. The van der Waals surface area contributed by atoms with E-state index >= 15 is 0 Å². The van der Waals surface area contributed by atoms with Crippen molar-refractivity contribution in [1.82, 2.24) is 9.55 Å². The maximum Gasteiger partial charge on any atom is 0.335 e. The Morgan fingerprint density at radius 2 is 1.85 bits per heavy atom. The average molecular weight is 352 g/mol. The van der Waals surface area contributed by atoms with Gasteiger partial charge in [0.2, 0.25) is 5.88 Å². The average Bonchev–Trinajstić information content (AvgIpc) is 2.62. The molecule has 1 aromatic heterocycles. The molecule has 0 aliphatic heterocycles. The zero-order chi connectivity index (χ0) is 18.7. The van der Waals surface area contributed by atoms with Crippen molar-refractivity contribution in [2.75, 3.05) is 0 Å². The fourth-order valence-corrected chi connectivity index (χ4v) is 2.30. The molecular formula is C17H12N4O5. The number of nitro groups is 1. The third-order valence-corrected chi connectivity index (χ3v) is 3.52. The zero-order valence-electron chi connectivity index (χ0n) is 13.2. The minimum Gasteiger partial charge on any atom is -0.493 e. The van der Waals surface area contributed by atoms with Crippen LogP contribution in [0, 0.1) is 10.1 Å². The molecule has 9 nitrogen and oxygen atoms in total. The third kappa shape index (κ3) is 3.26. The molecule has 2 N–H and O–H groups in total. The Bertz CT molecular complexity index is 1120. The molecule has 3 aromatic rings. The van der Waals surface area contributed by atoms with Crippen LogP contribution in [0.5, 0.6) is 5.88 Å². The standard InChI is InChI=1S/C17H12N4O5/c22-15-14(10-18-11-5-4-8-13(9-11)21(25)26)16(23)20(17(24)19-15)12-6-2-1-3-7-12/h1-10,23H,(H,19,22,24). The molecule has 0 unspecified atom stereocenters. The molecule has 0 bridgehead atoms. The second-order valence-electron chi connectivity index (χ2n) is 5.20.